The van der Waals surface area contributed by atoms with Crippen molar-refractivity contribution < 1.29 is 19.1 Å². The highest BCUT2D eigenvalue weighted by Crippen LogP contribution is 2.31. The minimum Gasteiger partial charge on any atom is -0.488 e. The van der Waals surface area contributed by atoms with E-state index in [1.807, 2.05) is 26.0 Å². The van der Waals surface area contributed by atoms with Crippen LogP contribution in [0.15, 0.2) is 60.2 Å². The summed E-state index contributed by atoms with van der Waals surface area (Å²) in [6, 6.07) is 15.1. The van der Waals surface area contributed by atoms with E-state index in [1.54, 1.807) is 43.3 Å². The molecule has 1 aliphatic rings. The number of barbiturate groups is 1. The maximum atomic E-state index is 13.3. The molecule has 35 heavy (non-hydrogen) atoms. The molecule has 8 heteroatoms. The van der Waals surface area contributed by atoms with Crippen LogP contribution in [0.5, 0.6) is 5.75 Å². The maximum Gasteiger partial charge on any atom is 0.335 e. The predicted molar refractivity (Wildman–Crippen MR) is 137 cm³/mol. The average Bonchev–Trinajstić information content (AvgIpc) is 2.78. The molecule has 0 radical (unpaired) electrons. The number of aryl methyl sites for hydroxylation is 2. The van der Waals surface area contributed by atoms with E-state index in [0.29, 0.717) is 26.9 Å². The quantitative estimate of drug-likeness (QED) is 0.330. The van der Waals surface area contributed by atoms with Gasteiger partial charge in [-0.2, -0.15) is 0 Å². The van der Waals surface area contributed by atoms with Crippen molar-refractivity contribution in [1.29, 1.82) is 0 Å². The molecule has 0 unspecified atom stereocenters. The molecule has 3 aromatic carbocycles. The Balaban J connectivity index is 1.70. The van der Waals surface area contributed by atoms with Crippen LogP contribution in [0.25, 0.3) is 6.08 Å². The summed E-state index contributed by atoms with van der Waals surface area (Å²) in [6.07, 6.45) is 1.37. The fraction of sp³-hybridized carbons (Fsp3) is 0.148. The van der Waals surface area contributed by atoms with Gasteiger partial charge >= 0.3 is 6.03 Å². The molecule has 0 aromatic heterocycles. The van der Waals surface area contributed by atoms with E-state index in [9.17, 15) is 14.4 Å². The molecule has 1 N–H and O–H groups in total. The maximum absolute atomic E-state index is 13.3. The molecule has 6 nitrogen and oxygen atoms in total. The Hall–Kier alpha value is -3.61. The van der Waals surface area contributed by atoms with Crippen LogP contribution in [-0.4, -0.2) is 17.8 Å². The van der Waals surface area contributed by atoms with Crippen molar-refractivity contribution in [3.8, 4) is 5.75 Å². The Morgan fingerprint density at radius 3 is 2.37 bits per heavy atom. The number of amides is 4. The molecule has 4 amide bonds. The molecule has 1 saturated heterocycles. The summed E-state index contributed by atoms with van der Waals surface area (Å²) < 4.78 is 6.02. The Kier molecular flexibility index (Phi) is 6.96. The van der Waals surface area contributed by atoms with Gasteiger partial charge in [0, 0.05) is 15.6 Å². The smallest absolute Gasteiger partial charge is 0.335 e. The zero-order chi connectivity index (χ0) is 25.3. The summed E-state index contributed by atoms with van der Waals surface area (Å²) in [4.78, 5) is 39.4. The number of ether oxygens (including phenoxy) is 1. The number of hydrogen-bond donors (Lipinski definition) is 1. The number of hydrogen-bond acceptors (Lipinski definition) is 4. The molecule has 3 aromatic rings. The molecular formula is C27H22Cl2N2O4. The van der Waals surface area contributed by atoms with Gasteiger partial charge in [0.25, 0.3) is 11.8 Å². The lowest BCUT2D eigenvalue weighted by atomic mass is 10.0. The van der Waals surface area contributed by atoms with Crippen LogP contribution in [-0.2, 0) is 16.2 Å². The van der Waals surface area contributed by atoms with Crippen molar-refractivity contribution in [2.45, 2.75) is 27.4 Å². The molecule has 0 spiro atoms. The van der Waals surface area contributed by atoms with Crippen LogP contribution in [0.2, 0.25) is 10.0 Å². The summed E-state index contributed by atoms with van der Waals surface area (Å²) in [6.45, 7) is 5.99. The van der Waals surface area contributed by atoms with Crippen LogP contribution in [0, 0.1) is 20.8 Å². The zero-order valence-corrected chi connectivity index (χ0v) is 20.8. The van der Waals surface area contributed by atoms with Crippen molar-refractivity contribution in [2.75, 3.05) is 4.90 Å². The third kappa shape index (κ3) is 5.24. The van der Waals surface area contributed by atoms with Gasteiger partial charge in [-0.1, -0.05) is 58.6 Å². The van der Waals surface area contributed by atoms with E-state index >= 15 is 0 Å². The highest BCUT2D eigenvalue weighted by Gasteiger charge is 2.37. The second-order valence-corrected chi connectivity index (χ2v) is 9.15. The highest BCUT2D eigenvalue weighted by atomic mass is 35.5. The second kappa shape index (κ2) is 9.94. The number of nitrogens with zero attached hydrogens (tertiary/aromatic N) is 1. The highest BCUT2D eigenvalue weighted by molar-refractivity contribution is 6.40. The first-order valence-electron chi connectivity index (χ1n) is 10.8. The topological polar surface area (TPSA) is 75.7 Å². The van der Waals surface area contributed by atoms with Crippen molar-refractivity contribution in [3.63, 3.8) is 0 Å². The Labute approximate surface area is 213 Å². The summed E-state index contributed by atoms with van der Waals surface area (Å²) in [5, 5.41) is 3.01. The summed E-state index contributed by atoms with van der Waals surface area (Å²) in [5.41, 5.74) is 4.23. The molecular weight excluding hydrogens is 487 g/mol. The molecule has 0 aliphatic carbocycles. The van der Waals surface area contributed by atoms with Gasteiger partial charge in [-0.3, -0.25) is 14.9 Å². The van der Waals surface area contributed by atoms with Crippen molar-refractivity contribution in [3.05, 3.63) is 98.0 Å². The average molecular weight is 509 g/mol. The van der Waals surface area contributed by atoms with E-state index < -0.39 is 17.8 Å². The number of imide groups is 2. The minimum absolute atomic E-state index is 0.234. The van der Waals surface area contributed by atoms with Gasteiger partial charge in [0.2, 0.25) is 0 Å². The van der Waals surface area contributed by atoms with E-state index in [2.05, 4.69) is 11.4 Å². The molecule has 1 aliphatic heterocycles. The third-order valence-electron chi connectivity index (χ3n) is 5.53. The molecule has 178 valence electrons. The SMILES string of the molecule is Cc1cc(C)cc(COc2ccc(Cl)cc2/C=C2\C(=O)NC(=O)N(c3cccc(Cl)c3C)C2=O)c1. The largest absolute Gasteiger partial charge is 0.488 e. The standard InChI is InChI=1S/C27H22Cl2N2O4/c1-15-9-16(2)11-18(10-15)14-35-24-8-7-20(28)12-19(24)13-21-25(32)30-27(34)31(26(21)33)23-6-4-5-22(29)17(23)3/h4-13H,14H2,1-3H3,(H,30,32,34)/b21-13+. The van der Waals surface area contributed by atoms with Crippen LogP contribution >= 0.6 is 23.2 Å². The minimum atomic E-state index is -0.847. The van der Waals surface area contributed by atoms with Gasteiger partial charge in [-0.15, -0.1) is 0 Å². The van der Waals surface area contributed by atoms with E-state index in [1.165, 1.54) is 6.08 Å². The first-order valence-corrected chi connectivity index (χ1v) is 11.6. The lowest BCUT2D eigenvalue weighted by molar-refractivity contribution is -0.122. The van der Waals surface area contributed by atoms with E-state index in [0.717, 1.165) is 21.6 Å². The molecule has 0 atom stereocenters. The number of benzene rings is 3. The fourth-order valence-electron chi connectivity index (χ4n) is 3.95. The Morgan fingerprint density at radius 1 is 0.943 bits per heavy atom. The number of nitrogens with one attached hydrogen (secondary N) is 1. The van der Waals surface area contributed by atoms with Gasteiger partial charge in [-0.25, -0.2) is 9.69 Å². The van der Waals surface area contributed by atoms with Gasteiger partial charge in [0.05, 0.1) is 5.69 Å². The first-order chi connectivity index (χ1) is 16.6. The van der Waals surface area contributed by atoms with Gasteiger partial charge in [0.1, 0.15) is 17.9 Å². The molecule has 4 rings (SSSR count). The fourth-order valence-corrected chi connectivity index (χ4v) is 4.30. The lowest BCUT2D eigenvalue weighted by Crippen LogP contribution is -2.54. The van der Waals surface area contributed by atoms with Gasteiger partial charge < -0.3 is 4.74 Å². The number of urea groups is 1. The molecule has 1 fully saturated rings. The summed E-state index contributed by atoms with van der Waals surface area (Å²) in [7, 11) is 0. The first kappa shape index (κ1) is 24.5. The van der Waals surface area contributed by atoms with Crippen LogP contribution < -0.4 is 15.0 Å². The number of carbonyl (C=O) groups is 3. The lowest BCUT2D eigenvalue weighted by Gasteiger charge is -2.27. The normalized spacial score (nSPS) is 14.9. The Morgan fingerprint density at radius 2 is 1.66 bits per heavy atom. The van der Waals surface area contributed by atoms with E-state index in [4.69, 9.17) is 27.9 Å². The number of rotatable bonds is 5. The van der Waals surface area contributed by atoms with Crippen molar-refractivity contribution in [2.24, 2.45) is 0 Å². The summed E-state index contributed by atoms with van der Waals surface area (Å²) in [5.74, 6) is -1.15. The molecule has 0 saturated carbocycles. The predicted octanol–water partition coefficient (Wildman–Crippen LogP) is 6.16. The number of carbonyl (C=O) groups excluding carboxylic acids is 3. The van der Waals surface area contributed by atoms with Crippen LogP contribution in [0.3, 0.4) is 0 Å². The van der Waals surface area contributed by atoms with E-state index in [-0.39, 0.29) is 17.9 Å². The molecule has 0 bridgehead atoms. The second-order valence-electron chi connectivity index (χ2n) is 8.31. The Bertz CT molecular complexity index is 1380. The summed E-state index contributed by atoms with van der Waals surface area (Å²) >= 11 is 12.4. The van der Waals surface area contributed by atoms with Crippen molar-refractivity contribution >= 4 is 52.8 Å². The van der Waals surface area contributed by atoms with Crippen LogP contribution in [0.4, 0.5) is 10.5 Å². The molecule has 1 heterocycles. The monoisotopic (exact) mass is 508 g/mol. The van der Waals surface area contributed by atoms with Crippen molar-refractivity contribution in [1.82, 2.24) is 5.32 Å². The van der Waals surface area contributed by atoms with Gasteiger partial charge in [-0.05, 0) is 68.3 Å². The van der Waals surface area contributed by atoms with Crippen LogP contribution in [0.1, 0.15) is 27.8 Å². The third-order valence-corrected chi connectivity index (χ3v) is 6.17. The van der Waals surface area contributed by atoms with Gasteiger partial charge in [0.15, 0.2) is 0 Å². The number of halogens is 2. The zero-order valence-electron chi connectivity index (χ0n) is 19.3. The number of anilines is 1.